The number of benzene rings is 2. The minimum atomic E-state index is 0.0916. The van der Waals surface area contributed by atoms with E-state index in [1.165, 1.54) is 0 Å². The molecular weight excluding hydrogens is 697 g/mol. The third-order valence-corrected chi connectivity index (χ3v) is 10.4. The Kier molecular flexibility index (Phi) is 10.3. The minimum Gasteiger partial charge on any atom is -0.481 e. The quantitative estimate of drug-likeness (QED) is 0.117. The first-order valence-corrected chi connectivity index (χ1v) is 17.7. The van der Waals surface area contributed by atoms with E-state index in [4.69, 9.17) is 49.5 Å². The number of fused-ring (bicyclic) bond motifs is 1. The van der Waals surface area contributed by atoms with E-state index in [0.717, 1.165) is 51.9 Å². The molecule has 5 heterocycles. The number of pyridine rings is 2. The standard InChI is InChI=1S/C37H36Cl3N7O3/c1-50-37-22(17-41-18-23-9-12-32(48)43-23)8-11-29(46-37)28-7-3-6-27(35(28)39)26-5-2-4-25(34(26)38)21-14-15-47-31(16-21)45-30(36(47)40)20-42-19-24-10-13-33(49)44-24/h2-8,11,14-16,23-24,41-42H,9-10,12-13,17-20H2,1H3,(H,43,48)(H,44,49)/t23-,24-/m0/s1. The van der Waals surface area contributed by atoms with Crippen LogP contribution in [0.4, 0.5) is 0 Å². The first kappa shape index (κ1) is 34.3. The van der Waals surface area contributed by atoms with E-state index in [0.29, 0.717) is 71.4 Å². The van der Waals surface area contributed by atoms with Crippen molar-refractivity contribution < 1.29 is 14.3 Å². The number of rotatable bonds is 12. The third kappa shape index (κ3) is 7.17. The van der Waals surface area contributed by atoms with Gasteiger partial charge in [0.25, 0.3) is 0 Å². The van der Waals surface area contributed by atoms with E-state index in [2.05, 4.69) is 21.3 Å². The van der Waals surface area contributed by atoms with Crippen LogP contribution < -0.4 is 26.0 Å². The number of hydrogen-bond acceptors (Lipinski definition) is 7. The van der Waals surface area contributed by atoms with Crippen LogP contribution in [-0.2, 0) is 22.7 Å². The average Bonchev–Trinajstić information content (AvgIpc) is 3.82. The molecule has 2 aromatic carbocycles. The van der Waals surface area contributed by atoms with Crippen LogP contribution in [0.15, 0.2) is 66.9 Å². The van der Waals surface area contributed by atoms with Crippen molar-refractivity contribution in [2.75, 3.05) is 20.2 Å². The predicted molar refractivity (Wildman–Crippen MR) is 197 cm³/mol. The maximum Gasteiger partial charge on any atom is 0.220 e. The Hall–Kier alpha value is -4.19. The van der Waals surface area contributed by atoms with Crippen LogP contribution in [0.3, 0.4) is 0 Å². The average molecular weight is 733 g/mol. The van der Waals surface area contributed by atoms with Gasteiger partial charge in [-0.1, -0.05) is 77.3 Å². The van der Waals surface area contributed by atoms with E-state index >= 15 is 0 Å². The second-order valence-corrected chi connectivity index (χ2v) is 13.7. The van der Waals surface area contributed by atoms with Gasteiger partial charge in [0, 0.05) is 85.1 Å². The number of imidazole rings is 1. The Morgan fingerprint density at radius 1 is 0.800 bits per heavy atom. The van der Waals surface area contributed by atoms with E-state index < -0.39 is 0 Å². The normalized spacial score (nSPS) is 17.4. The van der Waals surface area contributed by atoms with Gasteiger partial charge in [-0.2, -0.15) is 0 Å². The Morgan fingerprint density at radius 2 is 1.42 bits per heavy atom. The molecule has 2 amide bonds. The lowest BCUT2D eigenvalue weighted by Gasteiger charge is -2.16. The number of hydrogen-bond donors (Lipinski definition) is 4. The van der Waals surface area contributed by atoms with Crippen LogP contribution in [0.25, 0.3) is 39.2 Å². The summed E-state index contributed by atoms with van der Waals surface area (Å²) >= 11 is 20.9. The zero-order chi connectivity index (χ0) is 34.8. The highest BCUT2D eigenvalue weighted by Gasteiger charge is 2.22. The monoisotopic (exact) mass is 731 g/mol. The van der Waals surface area contributed by atoms with Crippen molar-refractivity contribution in [3.63, 3.8) is 0 Å². The Labute approximate surface area is 304 Å². The van der Waals surface area contributed by atoms with Crippen LogP contribution in [0, 0.1) is 0 Å². The lowest BCUT2D eigenvalue weighted by atomic mass is 9.97. The molecule has 7 rings (SSSR count). The van der Waals surface area contributed by atoms with Crippen LogP contribution in [0.5, 0.6) is 5.88 Å². The van der Waals surface area contributed by atoms with Gasteiger partial charge in [0.05, 0.1) is 28.5 Å². The minimum absolute atomic E-state index is 0.0916. The van der Waals surface area contributed by atoms with Gasteiger partial charge >= 0.3 is 0 Å². The van der Waals surface area contributed by atoms with Crippen molar-refractivity contribution in [2.24, 2.45) is 0 Å². The summed E-state index contributed by atoms with van der Waals surface area (Å²) in [5.74, 6) is 0.692. The second kappa shape index (κ2) is 15.0. The number of carbonyl (C=O) groups is 2. The molecule has 0 saturated carbocycles. The molecule has 4 N–H and O–H groups in total. The number of carbonyl (C=O) groups excluding carboxylic acids is 2. The van der Waals surface area contributed by atoms with Crippen molar-refractivity contribution >= 4 is 52.3 Å². The fourth-order valence-electron chi connectivity index (χ4n) is 6.58. The van der Waals surface area contributed by atoms with Crippen molar-refractivity contribution in [2.45, 2.75) is 50.9 Å². The number of nitrogens with one attached hydrogen (secondary N) is 4. The molecule has 0 radical (unpaired) electrons. The number of halogens is 3. The molecule has 0 spiro atoms. The van der Waals surface area contributed by atoms with E-state index in [1.54, 1.807) is 7.11 Å². The van der Waals surface area contributed by atoms with Crippen molar-refractivity contribution in [3.05, 3.63) is 93.3 Å². The summed E-state index contributed by atoms with van der Waals surface area (Å²) < 4.78 is 7.49. The van der Waals surface area contributed by atoms with Gasteiger partial charge in [-0.25, -0.2) is 9.97 Å². The van der Waals surface area contributed by atoms with Crippen molar-refractivity contribution in [1.29, 1.82) is 0 Å². The molecule has 3 aromatic heterocycles. The lowest BCUT2D eigenvalue weighted by molar-refractivity contribution is -0.120. The molecule has 258 valence electrons. The molecule has 2 fully saturated rings. The molecule has 10 nitrogen and oxygen atoms in total. The summed E-state index contributed by atoms with van der Waals surface area (Å²) in [6, 6.07) is 19.8. The van der Waals surface area contributed by atoms with Gasteiger partial charge < -0.3 is 26.0 Å². The molecule has 2 saturated heterocycles. The lowest BCUT2D eigenvalue weighted by Crippen LogP contribution is -2.35. The summed E-state index contributed by atoms with van der Waals surface area (Å²) in [7, 11) is 1.60. The largest absolute Gasteiger partial charge is 0.481 e. The third-order valence-electron chi connectivity index (χ3n) is 9.20. The zero-order valence-corrected chi connectivity index (χ0v) is 29.6. The zero-order valence-electron chi connectivity index (χ0n) is 27.4. The maximum absolute atomic E-state index is 11.5. The number of methoxy groups -OCH3 is 1. The fourth-order valence-corrected chi connectivity index (χ4v) is 7.50. The van der Waals surface area contributed by atoms with Gasteiger partial charge in [0.2, 0.25) is 17.7 Å². The second-order valence-electron chi connectivity index (χ2n) is 12.6. The summed E-state index contributed by atoms with van der Waals surface area (Å²) in [4.78, 5) is 32.6. The molecule has 13 heteroatoms. The van der Waals surface area contributed by atoms with Crippen molar-refractivity contribution in [3.8, 4) is 39.4 Å². The summed E-state index contributed by atoms with van der Waals surface area (Å²) in [6.45, 7) is 2.36. The van der Waals surface area contributed by atoms with E-state index in [-0.39, 0.29) is 23.9 Å². The van der Waals surface area contributed by atoms with Crippen LogP contribution in [0.2, 0.25) is 15.2 Å². The van der Waals surface area contributed by atoms with Gasteiger partial charge in [-0.3, -0.25) is 14.0 Å². The topological polar surface area (TPSA) is 122 Å². The molecule has 50 heavy (non-hydrogen) atoms. The highest BCUT2D eigenvalue weighted by molar-refractivity contribution is 6.39. The fraction of sp³-hybridized carbons (Fsp3) is 0.297. The maximum atomic E-state index is 11.5. The Balaban J connectivity index is 1.10. The highest BCUT2D eigenvalue weighted by atomic mass is 35.5. The number of aromatic nitrogens is 3. The number of nitrogens with zero attached hydrogens (tertiary/aromatic N) is 3. The molecule has 0 unspecified atom stereocenters. The first-order chi connectivity index (χ1) is 24.3. The molecule has 2 aliphatic heterocycles. The van der Waals surface area contributed by atoms with Crippen LogP contribution >= 0.6 is 34.8 Å². The summed E-state index contributed by atoms with van der Waals surface area (Å²) in [6.07, 6.45) is 4.69. The van der Waals surface area contributed by atoms with Crippen LogP contribution in [-0.4, -0.2) is 58.5 Å². The predicted octanol–water partition coefficient (Wildman–Crippen LogP) is 6.44. The Morgan fingerprint density at radius 3 is 2.06 bits per heavy atom. The van der Waals surface area contributed by atoms with E-state index in [1.807, 2.05) is 71.3 Å². The number of amides is 2. The molecule has 2 atom stereocenters. The number of ether oxygens (including phenoxy) is 1. The highest BCUT2D eigenvalue weighted by Crippen LogP contribution is 2.42. The van der Waals surface area contributed by atoms with Gasteiger partial charge in [0.1, 0.15) is 10.8 Å². The smallest absolute Gasteiger partial charge is 0.220 e. The molecule has 2 aliphatic rings. The van der Waals surface area contributed by atoms with Gasteiger partial charge in [-0.05, 0) is 36.6 Å². The molecular formula is C37H36Cl3N7O3. The van der Waals surface area contributed by atoms with Gasteiger partial charge in [-0.15, -0.1) is 0 Å². The summed E-state index contributed by atoms with van der Waals surface area (Å²) in [5.41, 5.74) is 7.03. The van der Waals surface area contributed by atoms with Gasteiger partial charge in [0.15, 0.2) is 0 Å². The molecule has 5 aromatic rings. The molecule has 0 bridgehead atoms. The molecule has 0 aliphatic carbocycles. The van der Waals surface area contributed by atoms with Crippen LogP contribution in [0.1, 0.15) is 36.9 Å². The summed E-state index contributed by atoms with van der Waals surface area (Å²) in [5, 5.41) is 14.3. The SMILES string of the molecule is COc1nc(-c2cccc(-c3cccc(-c4ccn5c(Cl)c(CNC[C@@H]6CCC(=O)N6)nc5c4)c3Cl)c2Cl)ccc1CNC[C@@H]1CCC(=O)N1. The first-order valence-electron chi connectivity index (χ1n) is 16.6. The van der Waals surface area contributed by atoms with Crippen molar-refractivity contribution in [1.82, 2.24) is 35.6 Å². The van der Waals surface area contributed by atoms with E-state index in [9.17, 15) is 9.59 Å². The Bertz CT molecular complexity index is 2090.